The summed E-state index contributed by atoms with van der Waals surface area (Å²) in [6.07, 6.45) is 1.30. The van der Waals surface area contributed by atoms with Crippen molar-refractivity contribution in [1.82, 2.24) is 4.90 Å². The zero-order chi connectivity index (χ0) is 18.7. The lowest BCUT2D eigenvalue weighted by Crippen LogP contribution is -2.38. The lowest BCUT2D eigenvalue weighted by molar-refractivity contribution is -0.121. The SMILES string of the molecule is O=C(Nc1ccc(Br)cc1F)C1CCN(Cc2ccc(Cl)cc2F)CC1. The number of nitrogens with one attached hydrogen (secondary N) is 1. The van der Waals surface area contributed by atoms with Gasteiger partial charge in [0.1, 0.15) is 11.6 Å². The first kappa shape index (κ1) is 19.3. The molecule has 2 aromatic rings. The molecule has 26 heavy (non-hydrogen) atoms. The zero-order valence-electron chi connectivity index (χ0n) is 13.9. The number of hydrogen-bond donors (Lipinski definition) is 1. The number of rotatable bonds is 4. The Morgan fingerprint density at radius 2 is 1.88 bits per heavy atom. The highest BCUT2D eigenvalue weighted by Gasteiger charge is 2.26. The van der Waals surface area contributed by atoms with Crippen molar-refractivity contribution in [2.24, 2.45) is 5.92 Å². The summed E-state index contributed by atoms with van der Waals surface area (Å²) in [5, 5.41) is 3.04. The number of amides is 1. The molecule has 1 saturated heterocycles. The van der Waals surface area contributed by atoms with Crippen LogP contribution in [0.15, 0.2) is 40.9 Å². The fourth-order valence-electron chi connectivity index (χ4n) is 3.07. The second-order valence-electron chi connectivity index (χ2n) is 6.40. The minimum absolute atomic E-state index is 0.177. The molecular weight excluding hydrogens is 426 g/mol. The molecule has 0 unspecified atom stereocenters. The van der Waals surface area contributed by atoms with Gasteiger partial charge in [0.2, 0.25) is 5.91 Å². The summed E-state index contributed by atoms with van der Waals surface area (Å²) < 4.78 is 28.4. The van der Waals surface area contributed by atoms with Crippen LogP contribution in [-0.4, -0.2) is 23.9 Å². The van der Waals surface area contributed by atoms with Gasteiger partial charge in [-0.3, -0.25) is 9.69 Å². The lowest BCUT2D eigenvalue weighted by atomic mass is 9.95. The molecular formula is C19H18BrClF2N2O. The van der Waals surface area contributed by atoms with Gasteiger partial charge in [0.25, 0.3) is 0 Å². The van der Waals surface area contributed by atoms with Crippen LogP contribution in [0.4, 0.5) is 14.5 Å². The van der Waals surface area contributed by atoms with Crippen molar-refractivity contribution in [3.8, 4) is 0 Å². The second kappa shape index (κ2) is 8.46. The first-order chi connectivity index (χ1) is 12.4. The third kappa shape index (κ3) is 4.81. The number of halogens is 4. The Hall–Kier alpha value is -1.50. The minimum Gasteiger partial charge on any atom is -0.323 e. The maximum atomic E-state index is 13.9. The summed E-state index contributed by atoms with van der Waals surface area (Å²) in [5.74, 6) is -1.14. The molecule has 1 amide bonds. The van der Waals surface area contributed by atoms with Gasteiger partial charge < -0.3 is 5.32 Å². The fraction of sp³-hybridized carbons (Fsp3) is 0.316. The molecule has 0 radical (unpaired) electrons. The molecule has 0 saturated carbocycles. The molecule has 0 aromatic heterocycles. The first-order valence-electron chi connectivity index (χ1n) is 8.34. The van der Waals surface area contributed by atoms with Crippen LogP contribution in [0.2, 0.25) is 5.02 Å². The molecule has 0 aliphatic carbocycles. The van der Waals surface area contributed by atoms with E-state index in [0.29, 0.717) is 47.5 Å². The van der Waals surface area contributed by atoms with E-state index < -0.39 is 5.82 Å². The van der Waals surface area contributed by atoms with E-state index in [2.05, 4.69) is 26.1 Å². The third-order valence-corrected chi connectivity index (χ3v) is 5.28. The van der Waals surface area contributed by atoms with Crippen LogP contribution < -0.4 is 5.32 Å². The summed E-state index contributed by atoms with van der Waals surface area (Å²) in [6, 6.07) is 9.21. The van der Waals surface area contributed by atoms with Gasteiger partial charge in [-0.05, 0) is 56.3 Å². The summed E-state index contributed by atoms with van der Waals surface area (Å²) in [5.41, 5.74) is 0.776. The summed E-state index contributed by atoms with van der Waals surface area (Å²) in [4.78, 5) is 14.5. The molecule has 7 heteroatoms. The number of benzene rings is 2. The molecule has 1 N–H and O–H groups in total. The Morgan fingerprint density at radius 1 is 1.15 bits per heavy atom. The predicted octanol–water partition coefficient (Wildman–Crippen LogP) is 5.23. The standard InChI is InChI=1S/C19H18BrClF2N2O/c20-14-2-4-18(17(23)9-14)24-19(26)12-5-7-25(8-6-12)11-13-1-3-15(21)10-16(13)22/h1-4,9-10,12H,5-8,11H2,(H,24,26). The Kier molecular flexibility index (Phi) is 6.27. The van der Waals surface area contributed by atoms with E-state index in [9.17, 15) is 13.6 Å². The molecule has 0 atom stereocenters. The number of likely N-dealkylation sites (tertiary alicyclic amines) is 1. The number of piperidine rings is 1. The van der Waals surface area contributed by atoms with Gasteiger partial charge in [-0.15, -0.1) is 0 Å². The van der Waals surface area contributed by atoms with E-state index in [1.807, 2.05) is 0 Å². The highest BCUT2D eigenvalue weighted by atomic mass is 79.9. The molecule has 0 bridgehead atoms. The van der Waals surface area contributed by atoms with Crippen molar-refractivity contribution in [3.63, 3.8) is 0 Å². The summed E-state index contributed by atoms with van der Waals surface area (Å²) in [7, 11) is 0. The Bertz CT molecular complexity index is 810. The Morgan fingerprint density at radius 3 is 2.54 bits per heavy atom. The number of carbonyl (C=O) groups excluding carboxylic acids is 1. The summed E-state index contributed by atoms with van der Waals surface area (Å²) >= 11 is 8.96. The lowest BCUT2D eigenvalue weighted by Gasteiger charge is -2.31. The van der Waals surface area contributed by atoms with Crippen LogP contribution in [0.25, 0.3) is 0 Å². The van der Waals surface area contributed by atoms with Crippen molar-refractivity contribution >= 4 is 39.1 Å². The average molecular weight is 444 g/mol. The van der Waals surface area contributed by atoms with E-state index in [0.717, 1.165) is 0 Å². The minimum atomic E-state index is -0.469. The van der Waals surface area contributed by atoms with Crippen molar-refractivity contribution in [3.05, 3.63) is 63.1 Å². The van der Waals surface area contributed by atoms with Crippen molar-refractivity contribution in [2.45, 2.75) is 19.4 Å². The quantitative estimate of drug-likeness (QED) is 0.702. The van der Waals surface area contributed by atoms with E-state index >= 15 is 0 Å². The van der Waals surface area contributed by atoms with Gasteiger partial charge in [-0.1, -0.05) is 33.6 Å². The monoisotopic (exact) mass is 442 g/mol. The van der Waals surface area contributed by atoms with Crippen LogP contribution >= 0.6 is 27.5 Å². The van der Waals surface area contributed by atoms with Crippen LogP contribution in [0, 0.1) is 17.6 Å². The average Bonchev–Trinajstić information content (AvgIpc) is 2.60. The number of nitrogens with zero attached hydrogens (tertiary/aromatic N) is 1. The van der Waals surface area contributed by atoms with Gasteiger partial charge in [-0.2, -0.15) is 0 Å². The molecule has 3 nitrogen and oxygen atoms in total. The maximum absolute atomic E-state index is 13.9. The van der Waals surface area contributed by atoms with Gasteiger partial charge in [0, 0.05) is 27.5 Å². The largest absolute Gasteiger partial charge is 0.323 e. The van der Waals surface area contributed by atoms with Gasteiger partial charge in [0.15, 0.2) is 0 Å². The molecule has 1 aliphatic rings. The molecule has 1 fully saturated rings. The molecule has 3 rings (SSSR count). The van der Waals surface area contributed by atoms with E-state index in [4.69, 9.17) is 11.6 Å². The maximum Gasteiger partial charge on any atom is 0.227 e. The van der Waals surface area contributed by atoms with Crippen molar-refractivity contribution < 1.29 is 13.6 Å². The van der Waals surface area contributed by atoms with Crippen LogP contribution in [-0.2, 0) is 11.3 Å². The molecule has 1 aliphatic heterocycles. The van der Waals surface area contributed by atoms with Crippen molar-refractivity contribution in [2.75, 3.05) is 18.4 Å². The van der Waals surface area contributed by atoms with Crippen molar-refractivity contribution in [1.29, 1.82) is 0 Å². The fourth-order valence-corrected chi connectivity index (χ4v) is 3.56. The number of anilines is 1. The third-order valence-electron chi connectivity index (χ3n) is 4.56. The second-order valence-corrected chi connectivity index (χ2v) is 7.75. The predicted molar refractivity (Wildman–Crippen MR) is 102 cm³/mol. The first-order valence-corrected chi connectivity index (χ1v) is 9.51. The molecule has 1 heterocycles. The van der Waals surface area contributed by atoms with Gasteiger partial charge >= 0.3 is 0 Å². The van der Waals surface area contributed by atoms with E-state index in [1.54, 1.807) is 18.2 Å². The number of carbonyl (C=O) groups is 1. The Balaban J connectivity index is 1.53. The van der Waals surface area contributed by atoms with E-state index in [-0.39, 0.29) is 23.3 Å². The van der Waals surface area contributed by atoms with E-state index in [1.165, 1.54) is 18.2 Å². The zero-order valence-corrected chi connectivity index (χ0v) is 16.3. The molecule has 2 aromatic carbocycles. The highest BCUT2D eigenvalue weighted by Crippen LogP contribution is 2.24. The van der Waals surface area contributed by atoms with Crippen LogP contribution in [0.1, 0.15) is 18.4 Å². The highest BCUT2D eigenvalue weighted by molar-refractivity contribution is 9.10. The number of hydrogen-bond acceptors (Lipinski definition) is 2. The van der Waals surface area contributed by atoms with Crippen LogP contribution in [0.5, 0.6) is 0 Å². The summed E-state index contributed by atoms with van der Waals surface area (Å²) in [6.45, 7) is 1.85. The molecule has 138 valence electrons. The van der Waals surface area contributed by atoms with Gasteiger partial charge in [0.05, 0.1) is 5.69 Å². The normalized spacial score (nSPS) is 15.8. The van der Waals surface area contributed by atoms with Gasteiger partial charge in [-0.25, -0.2) is 8.78 Å². The molecule has 0 spiro atoms. The van der Waals surface area contributed by atoms with Crippen LogP contribution in [0.3, 0.4) is 0 Å². The Labute approximate surface area is 164 Å². The smallest absolute Gasteiger partial charge is 0.227 e. The topological polar surface area (TPSA) is 32.3 Å².